The van der Waals surface area contributed by atoms with E-state index in [0.717, 1.165) is 17.7 Å². The first-order valence-corrected chi connectivity index (χ1v) is 7.05. The number of hydrogen-bond donors (Lipinski definition) is 2. The molecule has 2 N–H and O–H groups in total. The average molecular weight is 253 g/mol. The van der Waals surface area contributed by atoms with Crippen molar-refractivity contribution in [2.75, 3.05) is 0 Å². The molecule has 17 heavy (non-hydrogen) atoms. The van der Waals surface area contributed by atoms with Crippen LogP contribution in [0.25, 0.3) is 0 Å². The third kappa shape index (κ3) is 3.78. The molecule has 0 spiro atoms. The lowest BCUT2D eigenvalue weighted by Gasteiger charge is -2.17. The molecule has 1 saturated carbocycles. The summed E-state index contributed by atoms with van der Waals surface area (Å²) in [6.45, 7) is 2.62. The van der Waals surface area contributed by atoms with Crippen molar-refractivity contribution >= 4 is 17.2 Å². The Hall–Kier alpha value is -0.940. The molecule has 0 aromatic carbocycles. The highest BCUT2D eigenvalue weighted by atomic mass is 32.1. The van der Waals surface area contributed by atoms with Gasteiger partial charge in [-0.1, -0.05) is 12.8 Å². The van der Waals surface area contributed by atoms with Crippen molar-refractivity contribution in [3.63, 3.8) is 0 Å². The molecule has 1 aromatic heterocycles. The molecule has 1 aliphatic carbocycles. The van der Waals surface area contributed by atoms with Crippen molar-refractivity contribution in [3.8, 4) is 0 Å². The molecular formula is C12H19N3OS. The number of thiazole rings is 1. The molecule has 5 heteroatoms. The zero-order valence-electron chi connectivity index (χ0n) is 10.1. The van der Waals surface area contributed by atoms with Crippen molar-refractivity contribution in [2.24, 2.45) is 0 Å². The summed E-state index contributed by atoms with van der Waals surface area (Å²) in [7, 11) is 0. The van der Waals surface area contributed by atoms with Gasteiger partial charge in [0.2, 0.25) is 5.91 Å². The first kappa shape index (κ1) is 12.5. The SMILES string of the molecule is CC(NCc1cncs1)C(=O)NC1CCCC1. The molecule has 0 aliphatic heterocycles. The zero-order valence-corrected chi connectivity index (χ0v) is 10.9. The Bertz CT molecular complexity index is 347. The van der Waals surface area contributed by atoms with Crippen LogP contribution >= 0.6 is 11.3 Å². The van der Waals surface area contributed by atoms with Crippen molar-refractivity contribution in [1.29, 1.82) is 0 Å². The minimum absolute atomic E-state index is 0.112. The van der Waals surface area contributed by atoms with E-state index in [4.69, 9.17) is 0 Å². The number of amides is 1. The predicted octanol–water partition coefficient (Wildman–Crippen LogP) is 1.68. The van der Waals surface area contributed by atoms with E-state index in [1.54, 1.807) is 16.8 Å². The van der Waals surface area contributed by atoms with Gasteiger partial charge in [0.25, 0.3) is 0 Å². The number of nitrogens with one attached hydrogen (secondary N) is 2. The van der Waals surface area contributed by atoms with E-state index < -0.39 is 0 Å². The third-order valence-electron chi connectivity index (χ3n) is 3.16. The molecule has 1 unspecified atom stereocenters. The highest BCUT2D eigenvalue weighted by molar-refractivity contribution is 7.09. The summed E-state index contributed by atoms with van der Waals surface area (Å²) in [4.78, 5) is 17.0. The Morgan fingerprint density at radius 1 is 1.59 bits per heavy atom. The minimum atomic E-state index is -0.141. The predicted molar refractivity (Wildman–Crippen MR) is 68.8 cm³/mol. The van der Waals surface area contributed by atoms with Gasteiger partial charge in [-0.25, -0.2) is 0 Å². The van der Waals surface area contributed by atoms with E-state index in [1.165, 1.54) is 12.8 Å². The summed E-state index contributed by atoms with van der Waals surface area (Å²) in [6, 6.07) is 0.257. The summed E-state index contributed by atoms with van der Waals surface area (Å²) in [5.74, 6) is 0.112. The Kier molecular flexibility index (Phi) is 4.50. The second-order valence-electron chi connectivity index (χ2n) is 4.56. The van der Waals surface area contributed by atoms with Gasteiger partial charge in [-0.05, 0) is 19.8 Å². The van der Waals surface area contributed by atoms with Crippen molar-refractivity contribution < 1.29 is 4.79 Å². The first-order valence-electron chi connectivity index (χ1n) is 6.17. The minimum Gasteiger partial charge on any atom is -0.352 e. The molecule has 1 heterocycles. The monoisotopic (exact) mass is 253 g/mol. The topological polar surface area (TPSA) is 54.0 Å². The smallest absolute Gasteiger partial charge is 0.237 e. The van der Waals surface area contributed by atoms with Gasteiger partial charge in [-0.15, -0.1) is 11.3 Å². The van der Waals surface area contributed by atoms with Crippen LogP contribution in [0.2, 0.25) is 0 Å². The van der Waals surface area contributed by atoms with Gasteiger partial charge in [0.15, 0.2) is 0 Å². The van der Waals surface area contributed by atoms with Crippen molar-refractivity contribution in [3.05, 3.63) is 16.6 Å². The Morgan fingerprint density at radius 2 is 2.35 bits per heavy atom. The fourth-order valence-corrected chi connectivity index (χ4v) is 2.62. The van der Waals surface area contributed by atoms with Crippen LogP contribution in [0.15, 0.2) is 11.7 Å². The Balaban J connectivity index is 1.71. The zero-order chi connectivity index (χ0) is 12.1. The molecule has 1 atom stereocenters. The third-order valence-corrected chi connectivity index (χ3v) is 3.94. The normalized spacial score (nSPS) is 18.2. The lowest BCUT2D eigenvalue weighted by molar-refractivity contribution is -0.123. The number of aromatic nitrogens is 1. The quantitative estimate of drug-likeness (QED) is 0.839. The van der Waals surface area contributed by atoms with Crippen molar-refractivity contribution in [2.45, 2.75) is 51.2 Å². The van der Waals surface area contributed by atoms with Crippen LogP contribution in [0.5, 0.6) is 0 Å². The molecule has 1 amide bonds. The maximum atomic E-state index is 11.9. The fourth-order valence-electron chi connectivity index (χ4n) is 2.07. The number of nitrogens with zero attached hydrogens (tertiary/aromatic N) is 1. The van der Waals surface area contributed by atoms with E-state index >= 15 is 0 Å². The molecule has 0 radical (unpaired) electrons. The Labute approximate surface area is 106 Å². The molecule has 1 aromatic rings. The van der Waals surface area contributed by atoms with E-state index in [0.29, 0.717) is 12.6 Å². The molecule has 1 aliphatic rings. The summed E-state index contributed by atoms with van der Waals surface area (Å²) in [6.07, 6.45) is 6.58. The van der Waals surface area contributed by atoms with Gasteiger partial charge in [0, 0.05) is 23.7 Å². The summed E-state index contributed by atoms with van der Waals surface area (Å²) in [5.41, 5.74) is 1.81. The van der Waals surface area contributed by atoms with Gasteiger partial charge in [-0.3, -0.25) is 9.78 Å². The van der Waals surface area contributed by atoms with E-state index in [1.807, 2.05) is 13.1 Å². The van der Waals surface area contributed by atoms with Gasteiger partial charge in [0.1, 0.15) is 0 Å². The second-order valence-corrected chi connectivity index (χ2v) is 5.53. The summed E-state index contributed by atoms with van der Waals surface area (Å²) >= 11 is 1.60. The summed E-state index contributed by atoms with van der Waals surface area (Å²) < 4.78 is 0. The van der Waals surface area contributed by atoms with E-state index in [2.05, 4.69) is 15.6 Å². The lowest BCUT2D eigenvalue weighted by Crippen LogP contribution is -2.45. The van der Waals surface area contributed by atoms with Crippen LogP contribution in [0.1, 0.15) is 37.5 Å². The maximum absolute atomic E-state index is 11.9. The number of carbonyl (C=O) groups is 1. The highest BCUT2D eigenvalue weighted by Crippen LogP contribution is 2.17. The highest BCUT2D eigenvalue weighted by Gasteiger charge is 2.20. The van der Waals surface area contributed by atoms with Crippen LogP contribution in [-0.2, 0) is 11.3 Å². The van der Waals surface area contributed by atoms with Gasteiger partial charge >= 0.3 is 0 Å². The van der Waals surface area contributed by atoms with Gasteiger partial charge in [0.05, 0.1) is 11.6 Å². The van der Waals surface area contributed by atoms with Crippen molar-refractivity contribution in [1.82, 2.24) is 15.6 Å². The van der Waals surface area contributed by atoms with E-state index in [-0.39, 0.29) is 11.9 Å². The number of rotatable bonds is 5. The Morgan fingerprint density at radius 3 is 3.00 bits per heavy atom. The average Bonchev–Trinajstić information content (AvgIpc) is 2.98. The molecule has 4 nitrogen and oxygen atoms in total. The van der Waals surface area contributed by atoms with Crippen LogP contribution < -0.4 is 10.6 Å². The fraction of sp³-hybridized carbons (Fsp3) is 0.667. The second kappa shape index (κ2) is 6.12. The van der Waals surface area contributed by atoms with Crippen LogP contribution in [0.4, 0.5) is 0 Å². The van der Waals surface area contributed by atoms with Gasteiger partial charge in [-0.2, -0.15) is 0 Å². The number of hydrogen-bond acceptors (Lipinski definition) is 4. The molecule has 0 saturated heterocycles. The molecular weight excluding hydrogens is 234 g/mol. The van der Waals surface area contributed by atoms with Gasteiger partial charge < -0.3 is 10.6 Å². The number of carbonyl (C=O) groups excluding carboxylic acids is 1. The van der Waals surface area contributed by atoms with Crippen LogP contribution in [0, 0.1) is 0 Å². The molecule has 2 rings (SSSR count). The maximum Gasteiger partial charge on any atom is 0.237 e. The van der Waals surface area contributed by atoms with Crippen LogP contribution in [0.3, 0.4) is 0 Å². The summed E-state index contributed by atoms with van der Waals surface area (Å²) in [5, 5.41) is 6.31. The van der Waals surface area contributed by atoms with Crippen LogP contribution in [-0.4, -0.2) is 23.0 Å². The van der Waals surface area contributed by atoms with E-state index in [9.17, 15) is 4.79 Å². The largest absolute Gasteiger partial charge is 0.352 e. The molecule has 1 fully saturated rings. The molecule has 0 bridgehead atoms. The standard InChI is InChI=1S/C12H19N3OS/c1-9(14-7-11-6-13-8-17-11)12(16)15-10-4-2-3-5-10/h6,8-10,14H,2-5,7H2,1H3,(H,15,16). The molecule has 94 valence electrons. The lowest BCUT2D eigenvalue weighted by atomic mass is 10.2. The first-order chi connectivity index (χ1) is 8.25.